The van der Waals surface area contributed by atoms with Crippen molar-refractivity contribution in [1.82, 2.24) is 29.7 Å². The molecule has 144 valence electrons. The zero-order valence-corrected chi connectivity index (χ0v) is 17.2. The van der Waals surface area contributed by atoms with E-state index >= 15 is 0 Å². The molecule has 0 unspecified atom stereocenters. The first-order valence-electron chi connectivity index (χ1n) is 9.33. The van der Waals surface area contributed by atoms with E-state index in [0.717, 1.165) is 51.5 Å². The molecule has 0 aliphatic heterocycles. The first-order valence-corrected chi connectivity index (χ1v) is 10.5. The Labute approximate surface area is 177 Å². The molecule has 0 atom stereocenters. The van der Waals surface area contributed by atoms with Gasteiger partial charge in [0.1, 0.15) is 16.0 Å². The van der Waals surface area contributed by atoms with Gasteiger partial charge in [-0.15, -0.1) is 10.2 Å². The van der Waals surface area contributed by atoms with Gasteiger partial charge in [0.05, 0.1) is 5.69 Å². The van der Waals surface area contributed by atoms with E-state index < -0.39 is 0 Å². The van der Waals surface area contributed by atoms with Gasteiger partial charge in [-0.05, 0) is 55.3 Å². The van der Waals surface area contributed by atoms with E-state index in [2.05, 4.69) is 43.8 Å². The summed E-state index contributed by atoms with van der Waals surface area (Å²) >= 11 is 7.70. The van der Waals surface area contributed by atoms with Gasteiger partial charge in [-0.3, -0.25) is 9.55 Å². The smallest absolute Gasteiger partial charge is 0.202 e. The zero-order chi connectivity index (χ0) is 19.8. The Kier molecular flexibility index (Phi) is 4.77. The normalized spacial score (nSPS) is 13.6. The highest BCUT2D eigenvalue weighted by atomic mass is 35.5. The number of nitrogens with zero attached hydrogens (tertiary/aromatic N) is 6. The van der Waals surface area contributed by atoms with Crippen LogP contribution in [0.25, 0.3) is 17.1 Å². The van der Waals surface area contributed by atoms with Crippen molar-refractivity contribution >= 4 is 23.4 Å². The molecule has 0 spiro atoms. The van der Waals surface area contributed by atoms with Crippen molar-refractivity contribution in [2.75, 3.05) is 0 Å². The van der Waals surface area contributed by atoms with Crippen LogP contribution >= 0.6 is 23.4 Å². The van der Waals surface area contributed by atoms with Crippen LogP contribution in [0.1, 0.15) is 30.1 Å². The summed E-state index contributed by atoms with van der Waals surface area (Å²) in [5.74, 6) is 2.00. The third-order valence-corrected chi connectivity index (χ3v) is 5.81. The van der Waals surface area contributed by atoms with Crippen molar-refractivity contribution in [1.29, 1.82) is 0 Å². The Morgan fingerprint density at radius 2 is 1.83 bits per heavy atom. The Morgan fingerprint density at radius 3 is 2.59 bits per heavy atom. The summed E-state index contributed by atoms with van der Waals surface area (Å²) in [5.41, 5.74) is 3.10. The first kappa shape index (κ1) is 18.3. The van der Waals surface area contributed by atoms with E-state index in [1.807, 2.05) is 24.3 Å². The van der Waals surface area contributed by atoms with Crippen LogP contribution in [-0.4, -0.2) is 29.7 Å². The lowest BCUT2D eigenvalue weighted by Crippen LogP contribution is -2.02. The van der Waals surface area contributed by atoms with E-state index in [9.17, 15) is 0 Å². The number of aryl methyl sites for hydroxylation is 1. The van der Waals surface area contributed by atoms with Crippen LogP contribution in [0.4, 0.5) is 0 Å². The number of benzene rings is 1. The minimum atomic E-state index is 0.426. The van der Waals surface area contributed by atoms with Crippen LogP contribution in [0, 0.1) is 6.92 Å². The van der Waals surface area contributed by atoms with Crippen molar-refractivity contribution < 1.29 is 0 Å². The quantitative estimate of drug-likeness (QED) is 0.418. The lowest BCUT2D eigenvalue weighted by Gasteiger charge is -2.13. The molecule has 4 aromatic rings. The van der Waals surface area contributed by atoms with Gasteiger partial charge in [0.2, 0.25) is 5.16 Å². The minimum absolute atomic E-state index is 0.426. The Hall–Kier alpha value is -2.77. The number of hydrogen-bond acceptors (Lipinski definition) is 6. The van der Waals surface area contributed by atoms with E-state index in [1.54, 1.807) is 18.5 Å². The predicted molar refractivity (Wildman–Crippen MR) is 112 cm³/mol. The fourth-order valence-electron chi connectivity index (χ4n) is 3.14. The summed E-state index contributed by atoms with van der Waals surface area (Å²) in [6, 6.07) is 13.8. The maximum atomic E-state index is 6.26. The summed E-state index contributed by atoms with van der Waals surface area (Å²) < 4.78 is 2.06. The lowest BCUT2D eigenvalue weighted by atomic mass is 10.2. The molecule has 1 aliphatic rings. The molecule has 1 saturated carbocycles. The van der Waals surface area contributed by atoms with E-state index in [0.29, 0.717) is 11.1 Å². The zero-order valence-electron chi connectivity index (χ0n) is 15.7. The van der Waals surface area contributed by atoms with Gasteiger partial charge in [-0.2, -0.15) is 0 Å². The maximum absolute atomic E-state index is 6.26. The molecular formula is C21H17ClN6S. The number of pyridine rings is 1. The number of hydrogen-bond donors (Lipinski definition) is 0. The fourth-order valence-corrected chi connectivity index (χ4v) is 4.25. The summed E-state index contributed by atoms with van der Waals surface area (Å²) in [5, 5.41) is 10.9. The summed E-state index contributed by atoms with van der Waals surface area (Å²) in [4.78, 5) is 13.2. The molecule has 5 rings (SSSR count). The van der Waals surface area contributed by atoms with E-state index in [1.165, 1.54) is 11.8 Å². The number of halogens is 1. The molecule has 1 aromatic carbocycles. The monoisotopic (exact) mass is 420 g/mol. The molecule has 0 bridgehead atoms. The molecule has 0 N–H and O–H groups in total. The largest absolute Gasteiger partial charge is 0.269 e. The highest BCUT2D eigenvalue weighted by molar-refractivity contribution is 7.99. The Balaban J connectivity index is 1.62. The molecule has 6 nitrogen and oxygen atoms in total. The van der Waals surface area contributed by atoms with Gasteiger partial charge < -0.3 is 0 Å². The molecule has 8 heteroatoms. The average Bonchev–Trinajstić information content (AvgIpc) is 3.50. The van der Waals surface area contributed by atoms with Crippen LogP contribution in [0.5, 0.6) is 0 Å². The molecule has 0 radical (unpaired) electrons. The van der Waals surface area contributed by atoms with Crippen molar-refractivity contribution in [3.8, 4) is 17.1 Å². The van der Waals surface area contributed by atoms with Crippen LogP contribution in [0.2, 0.25) is 5.15 Å². The van der Waals surface area contributed by atoms with Gasteiger partial charge in [0.15, 0.2) is 5.82 Å². The lowest BCUT2D eigenvalue weighted by molar-refractivity contribution is 0.856. The van der Waals surface area contributed by atoms with Crippen LogP contribution in [0.15, 0.2) is 65.0 Å². The number of aromatic nitrogens is 6. The highest BCUT2D eigenvalue weighted by Gasteiger charge is 2.28. The van der Waals surface area contributed by atoms with Crippen molar-refractivity contribution in [2.24, 2.45) is 0 Å². The second kappa shape index (κ2) is 7.57. The molecule has 3 heterocycles. The molecular weight excluding hydrogens is 404 g/mol. The van der Waals surface area contributed by atoms with Crippen LogP contribution in [0.3, 0.4) is 0 Å². The standard InChI is InChI=1S/C21H17ClN6S/c1-13-4-2-3-5-16(13)28-20(15-8-10-23-11-9-15)26-27-21(28)29-18-12-17(22)24-19(25-18)14-6-7-14/h2-5,8-12,14H,6-7H2,1H3. The van der Waals surface area contributed by atoms with E-state index in [4.69, 9.17) is 16.6 Å². The average molecular weight is 421 g/mol. The number of rotatable bonds is 5. The van der Waals surface area contributed by atoms with Gasteiger partial charge >= 0.3 is 0 Å². The van der Waals surface area contributed by atoms with Gasteiger partial charge in [0, 0.05) is 29.9 Å². The Morgan fingerprint density at radius 1 is 1.03 bits per heavy atom. The van der Waals surface area contributed by atoms with Gasteiger partial charge in [-0.1, -0.05) is 29.8 Å². The van der Waals surface area contributed by atoms with Crippen molar-refractivity contribution in [2.45, 2.75) is 35.9 Å². The highest BCUT2D eigenvalue weighted by Crippen LogP contribution is 2.40. The predicted octanol–water partition coefficient (Wildman–Crippen LogP) is 5.11. The van der Waals surface area contributed by atoms with Gasteiger partial charge in [-0.25, -0.2) is 9.97 Å². The molecule has 3 aromatic heterocycles. The third kappa shape index (κ3) is 3.75. The maximum Gasteiger partial charge on any atom is 0.202 e. The van der Waals surface area contributed by atoms with Crippen molar-refractivity contribution in [3.05, 3.63) is 71.4 Å². The van der Waals surface area contributed by atoms with Gasteiger partial charge in [0.25, 0.3) is 0 Å². The summed E-state index contributed by atoms with van der Waals surface area (Å²) in [7, 11) is 0. The second-order valence-corrected chi connectivity index (χ2v) is 8.30. The molecule has 1 fully saturated rings. The fraction of sp³-hybridized carbons (Fsp3) is 0.190. The molecule has 29 heavy (non-hydrogen) atoms. The van der Waals surface area contributed by atoms with Crippen LogP contribution in [-0.2, 0) is 0 Å². The molecule has 1 aliphatic carbocycles. The van der Waals surface area contributed by atoms with Crippen molar-refractivity contribution in [3.63, 3.8) is 0 Å². The summed E-state index contributed by atoms with van der Waals surface area (Å²) in [6.07, 6.45) is 5.75. The van der Waals surface area contributed by atoms with E-state index in [-0.39, 0.29) is 0 Å². The van der Waals surface area contributed by atoms with Crippen LogP contribution < -0.4 is 0 Å². The second-order valence-electron chi connectivity index (χ2n) is 6.93. The SMILES string of the molecule is Cc1ccccc1-n1c(Sc2cc(Cl)nc(C3CC3)n2)nnc1-c1ccncc1. The molecule has 0 saturated heterocycles. The number of para-hydroxylation sites is 1. The third-order valence-electron chi connectivity index (χ3n) is 4.76. The topological polar surface area (TPSA) is 69.4 Å². The first-order chi connectivity index (χ1) is 14.2. The summed E-state index contributed by atoms with van der Waals surface area (Å²) in [6.45, 7) is 2.08. The Bertz CT molecular complexity index is 1170. The molecule has 0 amide bonds. The minimum Gasteiger partial charge on any atom is -0.269 e.